The normalized spacial score (nSPS) is 13.5. The van der Waals surface area contributed by atoms with Crippen LogP contribution in [0.4, 0.5) is 8.78 Å². The predicted molar refractivity (Wildman–Crippen MR) is 65.9 cm³/mol. The molecule has 2 nitrogen and oxygen atoms in total. The molecular formula is C7H8Br2ClF2NOS. The van der Waals surface area contributed by atoms with Gasteiger partial charge in [-0.1, -0.05) is 0 Å². The van der Waals surface area contributed by atoms with E-state index in [9.17, 15) is 8.78 Å². The molecule has 0 bridgehead atoms. The standard InChI is InChI=1S/C7H7Br2F2NOS.ClH/c8-3-1-4(14-6(3)9)5(12)7(10,11)2-13;/h1,5,13H,2,12H2;1H/t5-;/m1./s1. The molecule has 0 amide bonds. The molecule has 88 valence electrons. The fourth-order valence-electron chi connectivity index (χ4n) is 0.823. The van der Waals surface area contributed by atoms with Crippen LogP contribution in [0.2, 0.25) is 0 Å². The minimum Gasteiger partial charge on any atom is -0.390 e. The highest BCUT2D eigenvalue weighted by Gasteiger charge is 2.38. The van der Waals surface area contributed by atoms with Gasteiger partial charge in [-0.25, -0.2) is 8.78 Å². The Morgan fingerprint density at radius 2 is 2.07 bits per heavy atom. The van der Waals surface area contributed by atoms with Crippen molar-refractivity contribution >= 4 is 55.6 Å². The maximum atomic E-state index is 13.0. The number of hydrogen-bond donors (Lipinski definition) is 2. The van der Waals surface area contributed by atoms with E-state index in [1.54, 1.807) is 0 Å². The monoisotopic (exact) mass is 385 g/mol. The Balaban J connectivity index is 0.00000196. The Hall–Kier alpha value is 0.730. The summed E-state index contributed by atoms with van der Waals surface area (Å²) in [5, 5.41) is 8.45. The van der Waals surface area contributed by atoms with Gasteiger partial charge in [-0.2, -0.15) is 0 Å². The van der Waals surface area contributed by atoms with Crippen molar-refractivity contribution < 1.29 is 13.9 Å². The molecule has 8 heteroatoms. The molecule has 0 aliphatic heterocycles. The van der Waals surface area contributed by atoms with Gasteiger partial charge in [0, 0.05) is 9.35 Å². The summed E-state index contributed by atoms with van der Waals surface area (Å²) in [7, 11) is 0. The van der Waals surface area contributed by atoms with Gasteiger partial charge >= 0.3 is 0 Å². The first-order chi connectivity index (χ1) is 6.38. The van der Waals surface area contributed by atoms with E-state index in [-0.39, 0.29) is 12.4 Å². The number of thiophene rings is 1. The lowest BCUT2D eigenvalue weighted by molar-refractivity contribution is -0.0703. The van der Waals surface area contributed by atoms with Crippen LogP contribution in [0, 0.1) is 0 Å². The first-order valence-corrected chi connectivity index (χ1v) is 5.97. The largest absolute Gasteiger partial charge is 0.390 e. The number of halogens is 5. The van der Waals surface area contributed by atoms with Crippen molar-refractivity contribution in [3.05, 3.63) is 19.2 Å². The summed E-state index contributed by atoms with van der Waals surface area (Å²) < 4.78 is 27.3. The van der Waals surface area contributed by atoms with E-state index in [1.807, 2.05) is 0 Å². The van der Waals surface area contributed by atoms with Crippen LogP contribution in [0.25, 0.3) is 0 Å². The number of aliphatic hydroxyl groups excluding tert-OH is 1. The van der Waals surface area contributed by atoms with Crippen LogP contribution < -0.4 is 5.73 Å². The molecular weight excluding hydrogens is 379 g/mol. The van der Waals surface area contributed by atoms with E-state index in [0.717, 1.165) is 11.3 Å². The van der Waals surface area contributed by atoms with E-state index in [1.165, 1.54) is 6.07 Å². The van der Waals surface area contributed by atoms with Crippen molar-refractivity contribution in [1.29, 1.82) is 0 Å². The van der Waals surface area contributed by atoms with Crippen molar-refractivity contribution in [3.8, 4) is 0 Å². The van der Waals surface area contributed by atoms with Gasteiger partial charge in [0.2, 0.25) is 0 Å². The molecule has 3 N–H and O–H groups in total. The number of alkyl halides is 2. The van der Waals surface area contributed by atoms with Gasteiger partial charge in [-0.3, -0.25) is 0 Å². The van der Waals surface area contributed by atoms with Crippen molar-refractivity contribution in [3.63, 3.8) is 0 Å². The van der Waals surface area contributed by atoms with E-state index in [4.69, 9.17) is 10.8 Å². The maximum absolute atomic E-state index is 13.0. The Labute approximate surface area is 113 Å². The molecule has 1 heterocycles. The summed E-state index contributed by atoms with van der Waals surface area (Å²) in [5.41, 5.74) is 5.32. The lowest BCUT2D eigenvalue weighted by Crippen LogP contribution is -2.35. The summed E-state index contributed by atoms with van der Waals surface area (Å²) in [4.78, 5) is 0.322. The molecule has 1 rings (SSSR count). The van der Waals surface area contributed by atoms with Crippen LogP contribution in [0.1, 0.15) is 10.9 Å². The highest BCUT2D eigenvalue weighted by molar-refractivity contribution is 9.13. The molecule has 0 aliphatic rings. The van der Waals surface area contributed by atoms with Crippen LogP contribution in [-0.2, 0) is 0 Å². The summed E-state index contributed by atoms with van der Waals surface area (Å²) in [6.07, 6.45) is 0. The fourth-order valence-corrected chi connectivity index (χ4v) is 2.98. The molecule has 0 unspecified atom stereocenters. The van der Waals surface area contributed by atoms with Gasteiger partial charge < -0.3 is 10.8 Å². The second kappa shape index (κ2) is 5.88. The first-order valence-electron chi connectivity index (χ1n) is 3.57. The topological polar surface area (TPSA) is 46.2 Å². The quantitative estimate of drug-likeness (QED) is 0.836. The summed E-state index contributed by atoms with van der Waals surface area (Å²) in [6, 6.07) is 0.0447. The first kappa shape index (κ1) is 15.7. The van der Waals surface area contributed by atoms with Crippen LogP contribution in [0.5, 0.6) is 0 Å². The number of nitrogens with two attached hydrogens (primary N) is 1. The lowest BCUT2D eigenvalue weighted by Gasteiger charge is -2.19. The number of hydrogen-bond acceptors (Lipinski definition) is 3. The highest BCUT2D eigenvalue weighted by atomic mass is 79.9. The molecule has 15 heavy (non-hydrogen) atoms. The Morgan fingerprint density at radius 3 is 2.40 bits per heavy atom. The SMILES string of the molecule is Cl.N[C@H](c1cc(Br)c(Br)s1)C(F)(F)CO. The third-order valence-corrected chi connectivity index (χ3v) is 4.98. The highest BCUT2D eigenvalue weighted by Crippen LogP contribution is 2.39. The molecule has 0 saturated heterocycles. The van der Waals surface area contributed by atoms with Gasteiger partial charge in [0.25, 0.3) is 5.92 Å². The smallest absolute Gasteiger partial charge is 0.290 e. The van der Waals surface area contributed by atoms with E-state index in [0.29, 0.717) is 13.1 Å². The third-order valence-electron chi connectivity index (χ3n) is 1.64. The maximum Gasteiger partial charge on any atom is 0.290 e. The molecule has 0 radical (unpaired) electrons. The second-order valence-electron chi connectivity index (χ2n) is 2.67. The van der Waals surface area contributed by atoms with Crippen molar-refractivity contribution in [2.45, 2.75) is 12.0 Å². The zero-order chi connectivity index (χ0) is 10.9. The molecule has 0 saturated carbocycles. The summed E-state index contributed by atoms with van der Waals surface area (Å²) in [5.74, 6) is -3.29. The summed E-state index contributed by atoms with van der Waals surface area (Å²) >= 11 is 7.47. The van der Waals surface area contributed by atoms with Crippen molar-refractivity contribution in [2.24, 2.45) is 5.73 Å². The average Bonchev–Trinajstić information content (AvgIpc) is 2.45. The van der Waals surface area contributed by atoms with Crippen molar-refractivity contribution in [2.75, 3.05) is 6.61 Å². The van der Waals surface area contributed by atoms with E-state index in [2.05, 4.69) is 31.9 Å². The Kier molecular flexibility index (Phi) is 6.17. The van der Waals surface area contributed by atoms with E-state index < -0.39 is 18.6 Å². The fraction of sp³-hybridized carbons (Fsp3) is 0.429. The van der Waals surface area contributed by atoms with Gasteiger partial charge in [-0.15, -0.1) is 23.7 Å². The third kappa shape index (κ3) is 3.61. The van der Waals surface area contributed by atoms with Gasteiger partial charge in [-0.05, 0) is 37.9 Å². The van der Waals surface area contributed by atoms with E-state index >= 15 is 0 Å². The average molecular weight is 387 g/mol. The second-order valence-corrected chi connectivity index (χ2v) is 5.92. The molecule has 1 aromatic rings. The molecule has 0 aromatic carbocycles. The molecule has 1 aromatic heterocycles. The van der Waals surface area contributed by atoms with Crippen LogP contribution in [0.15, 0.2) is 14.3 Å². The van der Waals surface area contributed by atoms with Gasteiger partial charge in [0.1, 0.15) is 12.6 Å². The lowest BCUT2D eigenvalue weighted by atomic mass is 10.1. The molecule has 1 atom stereocenters. The molecule has 0 fully saturated rings. The van der Waals surface area contributed by atoms with Crippen LogP contribution in [0.3, 0.4) is 0 Å². The van der Waals surface area contributed by atoms with Crippen molar-refractivity contribution in [1.82, 2.24) is 0 Å². The minimum absolute atomic E-state index is 0. The number of aliphatic hydroxyl groups is 1. The molecule has 0 aliphatic carbocycles. The zero-order valence-electron chi connectivity index (χ0n) is 7.21. The van der Waals surface area contributed by atoms with Gasteiger partial charge in [0.05, 0.1) is 3.79 Å². The van der Waals surface area contributed by atoms with Gasteiger partial charge in [0.15, 0.2) is 0 Å². The predicted octanol–water partition coefficient (Wildman–Crippen LogP) is 3.32. The van der Waals surface area contributed by atoms with Crippen LogP contribution in [-0.4, -0.2) is 17.6 Å². The minimum atomic E-state index is -3.29. The zero-order valence-corrected chi connectivity index (χ0v) is 12.0. The summed E-state index contributed by atoms with van der Waals surface area (Å²) in [6.45, 7) is -1.25. The number of rotatable bonds is 3. The van der Waals surface area contributed by atoms with Crippen LogP contribution >= 0.6 is 55.6 Å². The Bertz CT molecular complexity index is 317. The molecule has 0 spiro atoms. The Morgan fingerprint density at radius 1 is 1.53 bits per heavy atom.